The Morgan fingerprint density at radius 1 is 1.25 bits per heavy atom. The van der Waals surface area contributed by atoms with Crippen molar-refractivity contribution < 1.29 is 0 Å². The maximum Gasteiger partial charge on any atom is 0.128 e. The maximum absolute atomic E-state index is 4.64. The van der Waals surface area contributed by atoms with E-state index in [2.05, 4.69) is 39.2 Å². The fraction of sp³-hybridized carbons (Fsp3) is 0.688. The Morgan fingerprint density at radius 2 is 2.10 bits per heavy atom. The Labute approximate surface area is 122 Å². The van der Waals surface area contributed by atoms with E-state index in [1.54, 1.807) is 0 Å². The molecule has 4 nitrogen and oxygen atoms in total. The summed E-state index contributed by atoms with van der Waals surface area (Å²) in [4.78, 5) is 9.75. The van der Waals surface area contributed by atoms with Crippen molar-refractivity contribution in [3.8, 4) is 0 Å². The number of hydrogen-bond donors (Lipinski definition) is 1. The third-order valence-electron chi connectivity index (χ3n) is 4.53. The standard InChI is InChI=1S/C16H26N4/c1-2-17-11-14-5-6-16(18-12-14)20-10-7-15(13-20)19-8-3-4-9-19/h5-6,12,15,17H,2-4,7-11,13H2,1H3. The van der Waals surface area contributed by atoms with E-state index in [0.717, 1.165) is 38.0 Å². The minimum atomic E-state index is 0.751. The van der Waals surface area contributed by atoms with E-state index >= 15 is 0 Å². The van der Waals surface area contributed by atoms with Crippen LogP contribution in [0.15, 0.2) is 18.3 Å². The first-order valence-corrected chi connectivity index (χ1v) is 8.01. The van der Waals surface area contributed by atoms with Crippen LogP contribution in [0.3, 0.4) is 0 Å². The van der Waals surface area contributed by atoms with Crippen LogP contribution in [0, 0.1) is 0 Å². The van der Waals surface area contributed by atoms with Gasteiger partial charge >= 0.3 is 0 Å². The molecule has 2 saturated heterocycles. The molecule has 110 valence electrons. The van der Waals surface area contributed by atoms with E-state index in [1.165, 1.54) is 37.9 Å². The summed E-state index contributed by atoms with van der Waals surface area (Å²) in [6.45, 7) is 8.96. The largest absolute Gasteiger partial charge is 0.355 e. The summed E-state index contributed by atoms with van der Waals surface area (Å²) in [6.07, 6.45) is 6.07. The third kappa shape index (κ3) is 3.13. The van der Waals surface area contributed by atoms with Crippen LogP contribution in [0.25, 0.3) is 0 Å². The Hall–Kier alpha value is -1.13. The fourth-order valence-electron chi connectivity index (χ4n) is 3.33. The molecule has 1 atom stereocenters. The zero-order valence-corrected chi connectivity index (χ0v) is 12.5. The van der Waals surface area contributed by atoms with Gasteiger partial charge < -0.3 is 10.2 Å². The minimum Gasteiger partial charge on any atom is -0.355 e. The van der Waals surface area contributed by atoms with Gasteiger partial charge in [0, 0.05) is 31.9 Å². The van der Waals surface area contributed by atoms with Gasteiger partial charge in [-0.05, 0) is 50.5 Å². The van der Waals surface area contributed by atoms with Crippen LogP contribution < -0.4 is 10.2 Å². The van der Waals surface area contributed by atoms with Crippen LogP contribution in [0.1, 0.15) is 31.7 Å². The molecule has 0 amide bonds. The van der Waals surface area contributed by atoms with Crippen molar-refractivity contribution in [2.24, 2.45) is 0 Å². The number of nitrogens with zero attached hydrogens (tertiary/aromatic N) is 3. The monoisotopic (exact) mass is 274 g/mol. The summed E-state index contributed by atoms with van der Waals surface area (Å²) in [7, 11) is 0. The van der Waals surface area contributed by atoms with Crippen LogP contribution in [0.5, 0.6) is 0 Å². The van der Waals surface area contributed by atoms with Gasteiger partial charge in [0.1, 0.15) is 5.82 Å². The first-order chi connectivity index (χ1) is 9.86. The molecule has 0 saturated carbocycles. The highest BCUT2D eigenvalue weighted by molar-refractivity contribution is 5.41. The zero-order chi connectivity index (χ0) is 13.8. The Balaban J connectivity index is 1.56. The second kappa shape index (κ2) is 6.55. The number of nitrogens with one attached hydrogen (secondary N) is 1. The van der Waals surface area contributed by atoms with Gasteiger partial charge in [-0.15, -0.1) is 0 Å². The van der Waals surface area contributed by atoms with Gasteiger partial charge in [-0.3, -0.25) is 4.90 Å². The van der Waals surface area contributed by atoms with Crippen molar-refractivity contribution >= 4 is 5.82 Å². The maximum atomic E-state index is 4.64. The molecular weight excluding hydrogens is 248 g/mol. The van der Waals surface area contributed by atoms with Crippen LogP contribution in [0.4, 0.5) is 5.82 Å². The smallest absolute Gasteiger partial charge is 0.128 e. The molecular formula is C16H26N4. The van der Waals surface area contributed by atoms with Gasteiger partial charge in [-0.2, -0.15) is 0 Å². The van der Waals surface area contributed by atoms with E-state index < -0.39 is 0 Å². The highest BCUT2D eigenvalue weighted by atomic mass is 15.3. The lowest BCUT2D eigenvalue weighted by atomic mass is 10.2. The number of pyridine rings is 1. The van der Waals surface area contributed by atoms with Gasteiger partial charge in [0.2, 0.25) is 0 Å². The van der Waals surface area contributed by atoms with Crippen molar-refractivity contribution in [1.29, 1.82) is 0 Å². The third-order valence-corrected chi connectivity index (χ3v) is 4.53. The second-order valence-corrected chi connectivity index (χ2v) is 5.94. The topological polar surface area (TPSA) is 31.4 Å². The van der Waals surface area contributed by atoms with Gasteiger partial charge in [0.15, 0.2) is 0 Å². The summed E-state index contributed by atoms with van der Waals surface area (Å²) < 4.78 is 0. The van der Waals surface area contributed by atoms with Crippen LogP contribution in [-0.2, 0) is 6.54 Å². The van der Waals surface area contributed by atoms with E-state index in [4.69, 9.17) is 0 Å². The molecule has 4 heteroatoms. The first kappa shape index (κ1) is 13.8. The van der Waals surface area contributed by atoms with Crippen molar-refractivity contribution in [2.45, 2.75) is 38.8 Å². The van der Waals surface area contributed by atoms with Crippen LogP contribution >= 0.6 is 0 Å². The Kier molecular flexibility index (Phi) is 4.53. The van der Waals surface area contributed by atoms with Gasteiger partial charge in [-0.25, -0.2) is 4.98 Å². The quantitative estimate of drug-likeness (QED) is 0.888. The molecule has 1 N–H and O–H groups in total. The molecule has 0 radical (unpaired) electrons. The number of aromatic nitrogens is 1. The number of anilines is 1. The fourth-order valence-corrected chi connectivity index (χ4v) is 3.33. The van der Waals surface area contributed by atoms with Crippen molar-refractivity contribution in [3.05, 3.63) is 23.9 Å². The summed E-state index contributed by atoms with van der Waals surface area (Å²) in [5, 5.41) is 3.34. The molecule has 1 aromatic heterocycles. The molecule has 0 bridgehead atoms. The zero-order valence-electron chi connectivity index (χ0n) is 12.5. The Morgan fingerprint density at radius 3 is 2.80 bits per heavy atom. The molecule has 2 fully saturated rings. The lowest BCUT2D eigenvalue weighted by molar-refractivity contribution is 0.260. The molecule has 0 spiro atoms. The van der Waals surface area contributed by atoms with Gasteiger partial charge in [0.05, 0.1) is 0 Å². The summed E-state index contributed by atoms with van der Waals surface area (Å²) >= 11 is 0. The molecule has 3 heterocycles. The lowest BCUT2D eigenvalue weighted by Gasteiger charge is -2.24. The number of likely N-dealkylation sites (tertiary alicyclic amines) is 1. The van der Waals surface area contributed by atoms with Crippen molar-refractivity contribution in [3.63, 3.8) is 0 Å². The molecule has 1 unspecified atom stereocenters. The highest BCUT2D eigenvalue weighted by Crippen LogP contribution is 2.24. The number of hydrogen-bond acceptors (Lipinski definition) is 4. The summed E-state index contributed by atoms with van der Waals surface area (Å²) in [5.41, 5.74) is 1.27. The Bertz CT molecular complexity index is 411. The predicted molar refractivity (Wildman–Crippen MR) is 83.0 cm³/mol. The first-order valence-electron chi connectivity index (χ1n) is 8.01. The number of rotatable bonds is 5. The van der Waals surface area contributed by atoms with Crippen LogP contribution in [0.2, 0.25) is 0 Å². The molecule has 0 aliphatic carbocycles. The molecule has 2 aliphatic rings. The molecule has 20 heavy (non-hydrogen) atoms. The van der Waals surface area contributed by atoms with E-state index in [9.17, 15) is 0 Å². The SMILES string of the molecule is CCNCc1ccc(N2CCC(N3CCCC3)C2)nc1. The minimum absolute atomic E-state index is 0.751. The molecule has 2 aliphatic heterocycles. The average molecular weight is 274 g/mol. The summed E-state index contributed by atoms with van der Waals surface area (Å²) in [5.74, 6) is 1.15. The van der Waals surface area contributed by atoms with Crippen LogP contribution in [-0.4, -0.2) is 48.6 Å². The lowest BCUT2D eigenvalue weighted by Crippen LogP contribution is -2.35. The second-order valence-electron chi connectivity index (χ2n) is 5.94. The van der Waals surface area contributed by atoms with Gasteiger partial charge in [0.25, 0.3) is 0 Å². The molecule has 0 aromatic carbocycles. The highest BCUT2D eigenvalue weighted by Gasteiger charge is 2.29. The predicted octanol–water partition coefficient (Wildman–Crippen LogP) is 1.87. The summed E-state index contributed by atoms with van der Waals surface area (Å²) in [6, 6.07) is 5.13. The van der Waals surface area contributed by atoms with E-state index in [1.807, 2.05) is 6.20 Å². The van der Waals surface area contributed by atoms with E-state index in [0.29, 0.717) is 0 Å². The van der Waals surface area contributed by atoms with Crippen molar-refractivity contribution in [2.75, 3.05) is 37.6 Å². The molecule has 1 aromatic rings. The molecule has 3 rings (SSSR count). The normalized spacial score (nSPS) is 23.6. The van der Waals surface area contributed by atoms with E-state index in [-0.39, 0.29) is 0 Å². The van der Waals surface area contributed by atoms with Crippen molar-refractivity contribution in [1.82, 2.24) is 15.2 Å². The average Bonchev–Trinajstić information content (AvgIpc) is 3.16. The van der Waals surface area contributed by atoms with Gasteiger partial charge in [-0.1, -0.05) is 13.0 Å².